The van der Waals surface area contributed by atoms with E-state index in [1.165, 1.54) is 11.8 Å². The van der Waals surface area contributed by atoms with E-state index in [1.54, 1.807) is 0 Å². The molecule has 21 heavy (non-hydrogen) atoms. The Morgan fingerprint density at radius 2 is 2.29 bits per heavy atom. The molecule has 2 rings (SSSR count). The molecule has 1 saturated heterocycles. The van der Waals surface area contributed by atoms with Crippen molar-refractivity contribution in [2.45, 2.75) is 11.3 Å². The number of thioether (sulfide) groups is 1. The maximum atomic E-state index is 12.0. The van der Waals surface area contributed by atoms with Gasteiger partial charge in [-0.2, -0.15) is 0 Å². The lowest BCUT2D eigenvalue weighted by Crippen LogP contribution is -2.32. The third kappa shape index (κ3) is 5.86. The van der Waals surface area contributed by atoms with Gasteiger partial charge in [0.1, 0.15) is 0 Å². The molecule has 7 heteroatoms. The molecule has 118 valence electrons. The quantitative estimate of drug-likeness (QED) is 0.581. The van der Waals surface area contributed by atoms with Crippen molar-refractivity contribution in [3.63, 3.8) is 0 Å². The molecular formula is C14H23N3O2S2. The molecule has 0 saturated carbocycles. The van der Waals surface area contributed by atoms with Crippen LogP contribution in [0, 0.1) is 5.92 Å². The molecular weight excluding hydrogens is 306 g/mol. The number of rotatable bonds is 7. The van der Waals surface area contributed by atoms with Crippen LogP contribution in [0.1, 0.15) is 6.42 Å². The first-order chi connectivity index (χ1) is 9.94. The molecule has 1 fully saturated rings. The number of nitrogens with one attached hydrogen (secondary N) is 1. The van der Waals surface area contributed by atoms with Gasteiger partial charge in [0.2, 0.25) is 10.0 Å². The molecule has 1 unspecified atom stereocenters. The fourth-order valence-corrected chi connectivity index (χ4v) is 4.86. The van der Waals surface area contributed by atoms with Crippen molar-refractivity contribution < 1.29 is 8.42 Å². The fourth-order valence-electron chi connectivity index (χ4n) is 2.38. The molecule has 0 spiro atoms. The van der Waals surface area contributed by atoms with Gasteiger partial charge < -0.3 is 10.6 Å². The van der Waals surface area contributed by atoms with Gasteiger partial charge in [0.15, 0.2) is 0 Å². The van der Waals surface area contributed by atoms with E-state index in [0.29, 0.717) is 23.9 Å². The molecule has 5 nitrogen and oxygen atoms in total. The summed E-state index contributed by atoms with van der Waals surface area (Å²) in [5.74, 6) is 1.10. The highest BCUT2D eigenvalue weighted by Gasteiger charge is 2.21. The van der Waals surface area contributed by atoms with E-state index in [2.05, 4.69) is 16.7 Å². The Bertz CT molecular complexity index is 563. The average molecular weight is 329 g/mol. The van der Waals surface area contributed by atoms with Gasteiger partial charge in [-0.1, -0.05) is 6.07 Å². The van der Waals surface area contributed by atoms with Gasteiger partial charge in [0.25, 0.3) is 0 Å². The Morgan fingerprint density at radius 1 is 1.48 bits per heavy atom. The van der Waals surface area contributed by atoms with Gasteiger partial charge in [-0.15, -0.1) is 11.8 Å². The molecule has 1 aromatic carbocycles. The number of benzene rings is 1. The zero-order valence-electron chi connectivity index (χ0n) is 12.3. The van der Waals surface area contributed by atoms with E-state index < -0.39 is 10.0 Å². The van der Waals surface area contributed by atoms with Gasteiger partial charge in [0, 0.05) is 29.4 Å². The van der Waals surface area contributed by atoms with Crippen molar-refractivity contribution in [1.82, 2.24) is 9.62 Å². The van der Waals surface area contributed by atoms with Crippen LogP contribution < -0.4 is 10.5 Å². The summed E-state index contributed by atoms with van der Waals surface area (Å²) in [6, 6.07) is 7.50. The number of anilines is 1. The Morgan fingerprint density at radius 3 is 2.95 bits per heavy atom. The molecule has 0 amide bonds. The predicted molar refractivity (Wildman–Crippen MR) is 89.0 cm³/mol. The molecule has 1 aliphatic rings. The molecule has 0 radical (unpaired) electrons. The second-order valence-electron chi connectivity index (χ2n) is 5.51. The first kappa shape index (κ1) is 16.6. The van der Waals surface area contributed by atoms with Crippen LogP contribution in [0.2, 0.25) is 0 Å². The highest BCUT2D eigenvalue weighted by atomic mass is 32.2. The van der Waals surface area contributed by atoms with Crippen molar-refractivity contribution >= 4 is 27.5 Å². The van der Waals surface area contributed by atoms with Crippen LogP contribution in [0.5, 0.6) is 0 Å². The second-order valence-corrected chi connectivity index (χ2v) is 8.60. The summed E-state index contributed by atoms with van der Waals surface area (Å²) in [4.78, 5) is 3.23. The lowest BCUT2D eigenvalue weighted by Gasteiger charge is -2.12. The number of nitrogens with two attached hydrogens (primary N) is 1. The van der Waals surface area contributed by atoms with Crippen LogP contribution in [0.25, 0.3) is 0 Å². The summed E-state index contributed by atoms with van der Waals surface area (Å²) in [5.41, 5.74) is 6.40. The fraction of sp³-hybridized carbons (Fsp3) is 0.571. The zero-order chi connectivity index (χ0) is 15.3. The molecule has 1 heterocycles. The smallest absolute Gasteiger partial charge is 0.212 e. The van der Waals surface area contributed by atoms with Gasteiger partial charge >= 0.3 is 0 Å². The predicted octanol–water partition coefficient (Wildman–Crippen LogP) is 1.23. The Labute approximate surface area is 131 Å². The minimum Gasteiger partial charge on any atom is -0.399 e. The van der Waals surface area contributed by atoms with Crippen molar-refractivity contribution in [2.24, 2.45) is 5.92 Å². The van der Waals surface area contributed by atoms with E-state index >= 15 is 0 Å². The van der Waals surface area contributed by atoms with Crippen molar-refractivity contribution in [3.8, 4) is 0 Å². The Balaban J connectivity index is 1.71. The van der Waals surface area contributed by atoms with Crippen LogP contribution in [0.15, 0.2) is 29.2 Å². The van der Waals surface area contributed by atoms with Crippen molar-refractivity contribution in [3.05, 3.63) is 24.3 Å². The minimum absolute atomic E-state index is 0.134. The SMILES string of the molecule is CN1CCC(CNS(=O)(=O)CCSc2cccc(N)c2)C1. The van der Waals surface area contributed by atoms with E-state index in [0.717, 1.165) is 24.4 Å². The number of hydrogen-bond donors (Lipinski definition) is 2. The molecule has 1 aromatic rings. The van der Waals surface area contributed by atoms with E-state index in [1.807, 2.05) is 24.3 Å². The molecule has 0 bridgehead atoms. The summed E-state index contributed by atoms with van der Waals surface area (Å²) in [5, 5.41) is 0. The van der Waals surface area contributed by atoms with E-state index in [4.69, 9.17) is 5.73 Å². The maximum Gasteiger partial charge on any atom is 0.212 e. The second kappa shape index (κ2) is 7.49. The number of hydrogen-bond acceptors (Lipinski definition) is 5. The van der Waals surface area contributed by atoms with Crippen molar-refractivity contribution in [2.75, 3.05) is 43.9 Å². The van der Waals surface area contributed by atoms with E-state index in [-0.39, 0.29) is 5.75 Å². The largest absolute Gasteiger partial charge is 0.399 e. The average Bonchev–Trinajstić information content (AvgIpc) is 2.82. The van der Waals surface area contributed by atoms with Crippen LogP contribution in [-0.2, 0) is 10.0 Å². The Kier molecular flexibility index (Phi) is 5.92. The Hall–Kier alpha value is -0.760. The summed E-state index contributed by atoms with van der Waals surface area (Å²) in [6.07, 6.45) is 1.07. The monoisotopic (exact) mass is 329 g/mol. The van der Waals surface area contributed by atoms with Gasteiger partial charge in [-0.05, 0) is 44.1 Å². The summed E-state index contributed by atoms with van der Waals surface area (Å²) < 4.78 is 26.7. The number of likely N-dealkylation sites (tertiary alicyclic amines) is 1. The maximum absolute atomic E-state index is 12.0. The van der Waals surface area contributed by atoms with Crippen molar-refractivity contribution in [1.29, 1.82) is 0 Å². The van der Waals surface area contributed by atoms with Gasteiger partial charge in [-0.25, -0.2) is 13.1 Å². The molecule has 0 aromatic heterocycles. The number of nitrogen functional groups attached to an aromatic ring is 1. The molecule has 1 aliphatic heterocycles. The first-order valence-corrected chi connectivity index (χ1v) is 9.72. The summed E-state index contributed by atoms with van der Waals surface area (Å²) >= 11 is 1.51. The summed E-state index contributed by atoms with van der Waals surface area (Å²) in [7, 11) is -1.12. The summed E-state index contributed by atoms with van der Waals surface area (Å²) in [6.45, 7) is 2.58. The minimum atomic E-state index is -3.19. The topological polar surface area (TPSA) is 75.4 Å². The third-order valence-corrected chi connectivity index (χ3v) is 6.16. The zero-order valence-corrected chi connectivity index (χ0v) is 13.9. The molecule has 1 atom stereocenters. The number of sulfonamides is 1. The normalized spacial score (nSPS) is 20.0. The number of nitrogens with zero attached hydrogens (tertiary/aromatic N) is 1. The lowest BCUT2D eigenvalue weighted by molar-refractivity contribution is 0.394. The highest BCUT2D eigenvalue weighted by molar-refractivity contribution is 8.00. The van der Waals surface area contributed by atoms with Gasteiger partial charge in [0.05, 0.1) is 5.75 Å². The van der Waals surface area contributed by atoms with Crippen LogP contribution >= 0.6 is 11.8 Å². The molecule has 0 aliphatic carbocycles. The third-order valence-electron chi connectivity index (χ3n) is 3.56. The van der Waals surface area contributed by atoms with E-state index in [9.17, 15) is 8.42 Å². The standard InChI is InChI=1S/C14H23N3O2S2/c1-17-6-5-12(11-17)10-16-21(18,19)8-7-20-14-4-2-3-13(15)9-14/h2-4,9,12,16H,5-8,10-11,15H2,1H3. The van der Waals surface area contributed by atoms with Gasteiger partial charge in [-0.3, -0.25) is 0 Å². The highest BCUT2D eigenvalue weighted by Crippen LogP contribution is 2.20. The van der Waals surface area contributed by atoms with Crippen LogP contribution in [-0.4, -0.2) is 51.5 Å². The molecule has 3 N–H and O–H groups in total. The lowest BCUT2D eigenvalue weighted by atomic mass is 10.1. The van der Waals surface area contributed by atoms with Crippen LogP contribution in [0.3, 0.4) is 0 Å². The first-order valence-electron chi connectivity index (χ1n) is 7.09. The van der Waals surface area contributed by atoms with Crippen LogP contribution in [0.4, 0.5) is 5.69 Å².